The van der Waals surface area contributed by atoms with E-state index in [1.165, 1.54) is 20.3 Å². The van der Waals surface area contributed by atoms with E-state index in [-0.39, 0.29) is 5.56 Å². The second-order valence-corrected chi connectivity index (χ2v) is 5.45. The Morgan fingerprint density at radius 2 is 1.87 bits per heavy atom. The molecule has 2 aromatic rings. The van der Waals surface area contributed by atoms with Crippen LogP contribution in [-0.2, 0) is 11.3 Å². The van der Waals surface area contributed by atoms with Crippen molar-refractivity contribution in [1.29, 1.82) is 0 Å². The summed E-state index contributed by atoms with van der Waals surface area (Å²) in [6.07, 6.45) is 0. The SMILES string of the molecule is COCCn1c(-c2cc(OC)c(Cl)cc2OC)cc(=O)[nH]c1=S. The van der Waals surface area contributed by atoms with Crippen molar-refractivity contribution in [3.8, 4) is 22.8 Å². The molecule has 0 unspecified atom stereocenters. The second-order valence-electron chi connectivity index (χ2n) is 4.66. The second kappa shape index (κ2) is 7.63. The molecule has 1 heterocycles. The van der Waals surface area contributed by atoms with Crippen LogP contribution in [0.15, 0.2) is 23.0 Å². The largest absolute Gasteiger partial charge is 0.496 e. The molecule has 2 rings (SSSR count). The average Bonchev–Trinajstić information content (AvgIpc) is 2.53. The van der Waals surface area contributed by atoms with Gasteiger partial charge in [0.2, 0.25) is 0 Å². The summed E-state index contributed by atoms with van der Waals surface area (Å²) in [6, 6.07) is 4.81. The molecule has 0 saturated carbocycles. The van der Waals surface area contributed by atoms with Gasteiger partial charge in [-0.15, -0.1) is 0 Å². The zero-order valence-electron chi connectivity index (χ0n) is 13.0. The predicted molar refractivity (Wildman–Crippen MR) is 91.3 cm³/mol. The van der Waals surface area contributed by atoms with Gasteiger partial charge in [0.25, 0.3) is 5.56 Å². The Bertz CT molecular complexity index is 816. The molecule has 1 N–H and O–H groups in total. The Morgan fingerprint density at radius 3 is 2.48 bits per heavy atom. The minimum atomic E-state index is -0.297. The highest BCUT2D eigenvalue weighted by atomic mass is 35.5. The summed E-state index contributed by atoms with van der Waals surface area (Å²) in [6.45, 7) is 0.927. The van der Waals surface area contributed by atoms with E-state index < -0.39 is 0 Å². The zero-order chi connectivity index (χ0) is 17.0. The van der Waals surface area contributed by atoms with Crippen LogP contribution in [0.25, 0.3) is 11.3 Å². The maximum absolute atomic E-state index is 11.9. The lowest BCUT2D eigenvalue weighted by Gasteiger charge is -2.17. The molecule has 0 aliphatic heterocycles. The van der Waals surface area contributed by atoms with Crippen LogP contribution in [0.4, 0.5) is 0 Å². The molecule has 1 aromatic carbocycles. The number of aromatic amines is 1. The van der Waals surface area contributed by atoms with Gasteiger partial charge in [0.15, 0.2) is 4.77 Å². The Labute approximate surface area is 143 Å². The van der Waals surface area contributed by atoms with Crippen molar-refractivity contribution in [1.82, 2.24) is 9.55 Å². The molecule has 23 heavy (non-hydrogen) atoms. The van der Waals surface area contributed by atoms with Gasteiger partial charge in [-0.05, 0) is 18.3 Å². The Kier molecular flexibility index (Phi) is 5.81. The molecular weight excluding hydrogens is 340 g/mol. The van der Waals surface area contributed by atoms with E-state index in [1.807, 2.05) is 0 Å². The number of nitrogens with zero attached hydrogens (tertiary/aromatic N) is 1. The maximum atomic E-state index is 11.9. The highest BCUT2D eigenvalue weighted by molar-refractivity contribution is 7.71. The van der Waals surface area contributed by atoms with Gasteiger partial charge in [-0.2, -0.15) is 0 Å². The van der Waals surface area contributed by atoms with Crippen LogP contribution in [0.1, 0.15) is 0 Å². The Hall–Kier alpha value is -1.83. The smallest absolute Gasteiger partial charge is 0.252 e. The number of methoxy groups -OCH3 is 3. The third-order valence-electron chi connectivity index (χ3n) is 3.30. The van der Waals surface area contributed by atoms with Crippen molar-refractivity contribution in [2.75, 3.05) is 27.9 Å². The first kappa shape index (κ1) is 17.5. The third kappa shape index (κ3) is 3.74. The van der Waals surface area contributed by atoms with Gasteiger partial charge in [-0.3, -0.25) is 9.78 Å². The molecule has 0 atom stereocenters. The van der Waals surface area contributed by atoms with Crippen LogP contribution in [0.3, 0.4) is 0 Å². The molecule has 0 spiro atoms. The zero-order valence-corrected chi connectivity index (χ0v) is 14.6. The summed E-state index contributed by atoms with van der Waals surface area (Å²) in [5.74, 6) is 0.994. The number of ether oxygens (including phenoxy) is 3. The lowest BCUT2D eigenvalue weighted by atomic mass is 10.1. The molecule has 8 heteroatoms. The average molecular weight is 357 g/mol. The van der Waals surface area contributed by atoms with E-state index in [4.69, 9.17) is 38.0 Å². The van der Waals surface area contributed by atoms with Gasteiger partial charge in [-0.25, -0.2) is 0 Å². The van der Waals surface area contributed by atoms with Gasteiger partial charge >= 0.3 is 0 Å². The van der Waals surface area contributed by atoms with Crippen LogP contribution < -0.4 is 15.0 Å². The molecule has 0 saturated heterocycles. The molecule has 0 radical (unpaired) electrons. The Morgan fingerprint density at radius 1 is 1.17 bits per heavy atom. The van der Waals surface area contributed by atoms with Crippen LogP contribution in [-0.4, -0.2) is 37.5 Å². The van der Waals surface area contributed by atoms with Crippen LogP contribution >= 0.6 is 23.8 Å². The minimum absolute atomic E-state index is 0.297. The van der Waals surface area contributed by atoms with E-state index in [9.17, 15) is 4.79 Å². The van der Waals surface area contributed by atoms with Gasteiger partial charge in [0.1, 0.15) is 11.5 Å². The first-order valence-corrected chi connectivity index (χ1v) is 7.55. The lowest BCUT2D eigenvalue weighted by Crippen LogP contribution is -2.17. The monoisotopic (exact) mass is 356 g/mol. The number of halogens is 1. The van der Waals surface area contributed by atoms with Crippen molar-refractivity contribution in [2.24, 2.45) is 0 Å². The van der Waals surface area contributed by atoms with E-state index >= 15 is 0 Å². The van der Waals surface area contributed by atoms with E-state index in [0.29, 0.717) is 45.7 Å². The fourth-order valence-electron chi connectivity index (χ4n) is 2.21. The number of hydrogen-bond donors (Lipinski definition) is 1. The number of rotatable bonds is 6. The van der Waals surface area contributed by atoms with Gasteiger partial charge in [0, 0.05) is 31.4 Å². The third-order valence-corrected chi connectivity index (χ3v) is 3.92. The molecule has 6 nitrogen and oxygen atoms in total. The van der Waals surface area contributed by atoms with Crippen molar-refractivity contribution in [2.45, 2.75) is 6.54 Å². The number of aromatic nitrogens is 2. The number of H-pyrrole nitrogens is 1. The summed E-state index contributed by atoms with van der Waals surface area (Å²) >= 11 is 11.4. The number of benzene rings is 1. The maximum Gasteiger partial charge on any atom is 0.252 e. The Balaban J connectivity index is 2.74. The van der Waals surface area contributed by atoms with Gasteiger partial charge < -0.3 is 18.8 Å². The van der Waals surface area contributed by atoms with E-state index in [2.05, 4.69) is 4.98 Å². The predicted octanol–water partition coefficient (Wildman–Crippen LogP) is 2.89. The summed E-state index contributed by atoms with van der Waals surface area (Å²) < 4.78 is 17.8. The first-order valence-electron chi connectivity index (χ1n) is 6.76. The molecule has 0 bridgehead atoms. The highest BCUT2D eigenvalue weighted by Gasteiger charge is 2.15. The van der Waals surface area contributed by atoms with Crippen molar-refractivity contribution >= 4 is 23.8 Å². The van der Waals surface area contributed by atoms with E-state index in [1.54, 1.807) is 23.8 Å². The summed E-state index contributed by atoms with van der Waals surface area (Å²) in [5, 5.41) is 0.417. The topological polar surface area (TPSA) is 65.5 Å². The molecule has 0 aliphatic rings. The quantitative estimate of drug-likeness (QED) is 0.806. The first-order chi connectivity index (χ1) is 11.0. The van der Waals surface area contributed by atoms with E-state index in [0.717, 1.165) is 0 Å². The fraction of sp³-hybridized carbons (Fsp3) is 0.333. The lowest BCUT2D eigenvalue weighted by molar-refractivity contribution is 0.186. The summed E-state index contributed by atoms with van der Waals surface area (Å²) in [7, 11) is 4.65. The highest BCUT2D eigenvalue weighted by Crippen LogP contribution is 2.38. The molecular formula is C15H17ClN2O4S. The fourth-order valence-corrected chi connectivity index (χ4v) is 2.73. The van der Waals surface area contributed by atoms with Crippen molar-refractivity contribution < 1.29 is 14.2 Å². The standard InChI is InChI=1S/C15H17ClN2O4S/c1-20-5-4-18-11(8-14(19)17-15(18)23)9-6-13(22-3)10(16)7-12(9)21-2/h6-8H,4-5H2,1-3H3,(H,17,19,23). The summed E-state index contributed by atoms with van der Waals surface area (Å²) in [5.41, 5.74) is 0.958. The molecule has 0 aliphatic carbocycles. The van der Waals surface area contributed by atoms with Crippen molar-refractivity contribution in [3.05, 3.63) is 38.3 Å². The minimum Gasteiger partial charge on any atom is -0.496 e. The normalized spacial score (nSPS) is 10.6. The molecule has 1 aromatic heterocycles. The van der Waals surface area contributed by atoms with Crippen LogP contribution in [0, 0.1) is 4.77 Å². The van der Waals surface area contributed by atoms with Gasteiger partial charge in [0.05, 0.1) is 31.5 Å². The number of nitrogens with one attached hydrogen (secondary N) is 1. The summed E-state index contributed by atoms with van der Waals surface area (Å²) in [4.78, 5) is 14.5. The molecule has 124 valence electrons. The van der Waals surface area contributed by atoms with Gasteiger partial charge in [-0.1, -0.05) is 11.6 Å². The molecule has 0 fully saturated rings. The molecule has 0 amide bonds. The van der Waals surface area contributed by atoms with Crippen LogP contribution in [0.5, 0.6) is 11.5 Å². The van der Waals surface area contributed by atoms with Crippen LogP contribution in [0.2, 0.25) is 5.02 Å². The number of hydrogen-bond acceptors (Lipinski definition) is 5. The van der Waals surface area contributed by atoms with Crippen molar-refractivity contribution in [3.63, 3.8) is 0 Å².